The van der Waals surface area contributed by atoms with E-state index in [0.717, 1.165) is 0 Å². The van der Waals surface area contributed by atoms with Crippen molar-refractivity contribution in [2.45, 2.75) is 12.5 Å². The summed E-state index contributed by atoms with van der Waals surface area (Å²) in [5.74, 6) is 5.17. The molecule has 0 aromatic carbocycles. The van der Waals surface area contributed by atoms with Gasteiger partial charge in [-0.15, -0.1) is 0 Å². The molecule has 1 nitrogen and oxygen atoms in total. The minimum absolute atomic E-state index is 0.296. The van der Waals surface area contributed by atoms with Gasteiger partial charge >= 0.3 is 0 Å². The van der Waals surface area contributed by atoms with Crippen molar-refractivity contribution in [2.75, 3.05) is 0 Å². The summed E-state index contributed by atoms with van der Waals surface area (Å²) in [5, 5.41) is 8.27. The summed E-state index contributed by atoms with van der Waals surface area (Å²) in [4.78, 5) is 0. The fourth-order valence-electron chi connectivity index (χ4n) is 0.193. The molecule has 0 aliphatic heterocycles. The molecule has 0 saturated heterocycles. The average Bonchev–Trinajstić information content (AvgIpc) is 1.30. The SMILES string of the molecule is OC1C#CC1. The van der Waals surface area contributed by atoms with Gasteiger partial charge in [0, 0.05) is 6.42 Å². The molecule has 26 valence electrons. The zero-order valence-corrected chi connectivity index (χ0v) is 2.73. The van der Waals surface area contributed by atoms with E-state index < -0.39 is 0 Å². The maximum Gasteiger partial charge on any atom is 0.125 e. The van der Waals surface area contributed by atoms with Crippen molar-refractivity contribution in [1.82, 2.24) is 0 Å². The first-order valence-electron chi connectivity index (χ1n) is 1.56. The zero-order valence-electron chi connectivity index (χ0n) is 2.73. The van der Waals surface area contributed by atoms with E-state index in [4.69, 9.17) is 5.11 Å². The summed E-state index contributed by atoms with van der Waals surface area (Å²) in [6.07, 6.45) is 0.384. The van der Waals surface area contributed by atoms with Crippen molar-refractivity contribution in [1.29, 1.82) is 0 Å². The Morgan fingerprint density at radius 3 is 2.20 bits per heavy atom. The van der Waals surface area contributed by atoms with Crippen molar-refractivity contribution in [2.24, 2.45) is 0 Å². The van der Waals surface area contributed by atoms with Crippen LogP contribution < -0.4 is 0 Å². The lowest BCUT2D eigenvalue weighted by molar-refractivity contribution is 0.228. The molecule has 0 heterocycles. The second-order valence-corrected chi connectivity index (χ2v) is 1.04. The van der Waals surface area contributed by atoms with Crippen LogP contribution in [0.5, 0.6) is 0 Å². The Balaban J connectivity index is 2.52. The van der Waals surface area contributed by atoms with Gasteiger partial charge in [0.25, 0.3) is 0 Å². The molecule has 0 aromatic rings. The Morgan fingerprint density at radius 2 is 2.20 bits per heavy atom. The molecule has 5 heavy (non-hydrogen) atoms. The van der Waals surface area contributed by atoms with Crippen LogP contribution in [0.4, 0.5) is 0 Å². The number of aliphatic hydroxyl groups excluding tert-OH is 1. The van der Waals surface area contributed by atoms with Gasteiger partial charge in [-0.05, 0) is 0 Å². The summed E-state index contributed by atoms with van der Waals surface area (Å²) >= 11 is 0. The highest BCUT2D eigenvalue weighted by atomic mass is 16.3. The van der Waals surface area contributed by atoms with Crippen LogP contribution in [-0.2, 0) is 0 Å². The van der Waals surface area contributed by atoms with Gasteiger partial charge in [-0.25, -0.2) is 0 Å². The third-order valence-corrected chi connectivity index (χ3v) is 0.564. The molecule has 1 atom stereocenters. The third-order valence-electron chi connectivity index (χ3n) is 0.564. The average molecular weight is 68.1 g/mol. The molecule has 1 heteroatoms. The maximum absolute atomic E-state index is 8.27. The summed E-state index contributed by atoms with van der Waals surface area (Å²) in [6, 6.07) is 0. The second kappa shape index (κ2) is 0.734. The normalized spacial score (nSPS) is 30.2. The first kappa shape index (κ1) is 2.74. The lowest BCUT2D eigenvalue weighted by Gasteiger charge is -2.00. The summed E-state index contributed by atoms with van der Waals surface area (Å²) in [5.41, 5.74) is 0. The van der Waals surface area contributed by atoms with Crippen LogP contribution in [-0.4, -0.2) is 11.2 Å². The van der Waals surface area contributed by atoms with Crippen LogP contribution in [0.1, 0.15) is 6.42 Å². The first-order valence-corrected chi connectivity index (χ1v) is 1.56. The standard InChI is InChI=1S/C4H4O/c5-4-2-1-3-4/h4-5H,2H2. The smallest absolute Gasteiger partial charge is 0.125 e. The summed E-state index contributed by atoms with van der Waals surface area (Å²) in [7, 11) is 0. The minimum Gasteiger partial charge on any atom is -0.379 e. The Hall–Kier alpha value is -0.480. The molecule has 0 amide bonds. The van der Waals surface area contributed by atoms with Gasteiger partial charge < -0.3 is 5.11 Å². The largest absolute Gasteiger partial charge is 0.379 e. The van der Waals surface area contributed by atoms with Crippen LogP contribution in [0.25, 0.3) is 0 Å². The Bertz CT molecular complexity index is 85.6. The van der Waals surface area contributed by atoms with E-state index in [-0.39, 0.29) is 6.10 Å². The van der Waals surface area contributed by atoms with Crippen LogP contribution >= 0.6 is 0 Å². The monoisotopic (exact) mass is 68.0 g/mol. The van der Waals surface area contributed by atoms with Crippen molar-refractivity contribution in [3.05, 3.63) is 0 Å². The number of hydrogen-bond donors (Lipinski definition) is 1. The molecule has 0 saturated carbocycles. The van der Waals surface area contributed by atoms with Gasteiger partial charge in [0.15, 0.2) is 0 Å². The van der Waals surface area contributed by atoms with Gasteiger partial charge in [-0.2, -0.15) is 0 Å². The fraction of sp³-hybridized carbons (Fsp3) is 0.500. The predicted octanol–water partition coefficient (Wildman–Crippen LogP) is -0.246. The van der Waals surface area contributed by atoms with E-state index in [1.807, 2.05) is 0 Å². The highest BCUT2D eigenvalue weighted by Crippen LogP contribution is 1.94. The van der Waals surface area contributed by atoms with E-state index in [2.05, 4.69) is 11.8 Å². The second-order valence-electron chi connectivity index (χ2n) is 1.04. The molecule has 0 fully saturated rings. The quantitative estimate of drug-likeness (QED) is 0.388. The van der Waals surface area contributed by atoms with Crippen LogP contribution in [0.3, 0.4) is 0 Å². The predicted molar refractivity (Wildman–Crippen MR) is 18.4 cm³/mol. The van der Waals surface area contributed by atoms with Gasteiger partial charge in [0.1, 0.15) is 6.10 Å². The molecule has 0 bridgehead atoms. The van der Waals surface area contributed by atoms with Gasteiger partial charge in [0.2, 0.25) is 0 Å². The maximum atomic E-state index is 8.27. The fourth-order valence-corrected chi connectivity index (χ4v) is 0.193. The van der Waals surface area contributed by atoms with Gasteiger partial charge in [-0.1, -0.05) is 11.8 Å². The zero-order chi connectivity index (χ0) is 3.70. The third kappa shape index (κ3) is 0.267. The Kier molecular flexibility index (Phi) is 0.402. The highest BCUT2D eigenvalue weighted by Gasteiger charge is 1.99. The Labute approximate surface area is 30.6 Å². The molecule has 1 rings (SSSR count). The van der Waals surface area contributed by atoms with Crippen LogP contribution in [0.15, 0.2) is 0 Å². The van der Waals surface area contributed by atoms with Gasteiger partial charge in [0.05, 0.1) is 0 Å². The molecule has 1 aliphatic rings. The van der Waals surface area contributed by atoms with Crippen molar-refractivity contribution in [3.63, 3.8) is 0 Å². The molecule has 1 N–H and O–H groups in total. The van der Waals surface area contributed by atoms with E-state index >= 15 is 0 Å². The molecule has 0 radical (unpaired) electrons. The van der Waals surface area contributed by atoms with Crippen molar-refractivity contribution in [3.8, 4) is 11.8 Å². The Morgan fingerprint density at radius 1 is 1.80 bits per heavy atom. The molecule has 0 aromatic heterocycles. The molecular weight excluding hydrogens is 64.0 g/mol. The molecule has 1 aliphatic carbocycles. The van der Waals surface area contributed by atoms with Crippen molar-refractivity contribution >= 4 is 0 Å². The number of hydrogen-bond acceptors (Lipinski definition) is 1. The summed E-state index contributed by atoms with van der Waals surface area (Å²) < 4.78 is 0. The van der Waals surface area contributed by atoms with E-state index in [0.29, 0.717) is 6.42 Å². The molecule has 1 unspecified atom stereocenters. The summed E-state index contributed by atoms with van der Waals surface area (Å²) in [6.45, 7) is 0. The topological polar surface area (TPSA) is 20.2 Å². The lowest BCUT2D eigenvalue weighted by atomic mass is 10.1. The van der Waals surface area contributed by atoms with Gasteiger partial charge in [-0.3, -0.25) is 0 Å². The molecular formula is C4H4O. The van der Waals surface area contributed by atoms with E-state index in [9.17, 15) is 0 Å². The number of aliphatic hydroxyl groups is 1. The van der Waals surface area contributed by atoms with Crippen LogP contribution in [0, 0.1) is 11.8 Å². The molecule has 0 spiro atoms. The first-order chi connectivity index (χ1) is 2.39. The van der Waals surface area contributed by atoms with E-state index in [1.54, 1.807) is 0 Å². The van der Waals surface area contributed by atoms with E-state index in [1.165, 1.54) is 0 Å². The number of rotatable bonds is 0. The highest BCUT2D eigenvalue weighted by molar-refractivity contribution is 5.17. The van der Waals surface area contributed by atoms with Crippen molar-refractivity contribution < 1.29 is 5.11 Å². The lowest BCUT2D eigenvalue weighted by Crippen LogP contribution is -2.07. The minimum atomic E-state index is -0.296. The van der Waals surface area contributed by atoms with Crippen LogP contribution in [0.2, 0.25) is 0 Å².